The molecule has 0 fully saturated rings. The second-order valence-corrected chi connectivity index (χ2v) is 5.46. The highest BCUT2D eigenvalue weighted by Gasteiger charge is 2.08. The van der Waals surface area contributed by atoms with E-state index in [0.717, 1.165) is 17.3 Å². The summed E-state index contributed by atoms with van der Waals surface area (Å²) in [5, 5.41) is 3.29. The highest BCUT2D eigenvalue weighted by atomic mass is 79.9. The number of rotatable bonds is 5. The van der Waals surface area contributed by atoms with Crippen molar-refractivity contribution in [1.82, 2.24) is 14.9 Å². The Morgan fingerprint density at radius 2 is 2.25 bits per heavy atom. The molecular formula is C14H16BrN3O2. The molecule has 2 rings (SSSR count). The molecule has 2 aromatic rings. The normalized spacial score (nSPS) is 10.7. The van der Waals surface area contributed by atoms with Gasteiger partial charge in [-0.25, -0.2) is 4.98 Å². The zero-order valence-electron chi connectivity index (χ0n) is 11.2. The average molecular weight is 338 g/mol. The van der Waals surface area contributed by atoms with E-state index in [-0.39, 0.29) is 18.0 Å². The van der Waals surface area contributed by atoms with Crippen molar-refractivity contribution in [2.45, 2.75) is 26.3 Å². The zero-order valence-corrected chi connectivity index (χ0v) is 12.8. The second kappa shape index (κ2) is 6.65. The number of fused-ring (bicyclic) bond motifs is 1. The summed E-state index contributed by atoms with van der Waals surface area (Å²) in [5.74, 6) is -0.170. The van der Waals surface area contributed by atoms with Crippen LogP contribution in [0.1, 0.15) is 19.8 Å². The minimum Gasteiger partial charge on any atom is -0.355 e. The van der Waals surface area contributed by atoms with Crippen molar-refractivity contribution in [1.29, 1.82) is 0 Å². The third kappa shape index (κ3) is 3.45. The van der Waals surface area contributed by atoms with Gasteiger partial charge in [-0.05, 0) is 24.6 Å². The van der Waals surface area contributed by atoms with Crippen molar-refractivity contribution < 1.29 is 4.79 Å². The van der Waals surface area contributed by atoms with E-state index in [9.17, 15) is 9.59 Å². The Kier molecular flexibility index (Phi) is 4.89. The molecule has 20 heavy (non-hydrogen) atoms. The molecule has 0 aliphatic rings. The molecule has 0 aliphatic heterocycles. The number of aromatic nitrogens is 2. The van der Waals surface area contributed by atoms with Crippen LogP contribution in [0, 0.1) is 0 Å². The molecule has 0 radical (unpaired) electrons. The van der Waals surface area contributed by atoms with Gasteiger partial charge in [0.05, 0.1) is 17.2 Å². The van der Waals surface area contributed by atoms with Crippen LogP contribution in [-0.2, 0) is 11.3 Å². The van der Waals surface area contributed by atoms with Crippen molar-refractivity contribution in [2.24, 2.45) is 0 Å². The third-order valence-electron chi connectivity index (χ3n) is 2.95. The van der Waals surface area contributed by atoms with Crippen LogP contribution in [0.2, 0.25) is 0 Å². The maximum atomic E-state index is 12.3. The van der Waals surface area contributed by atoms with Crippen LogP contribution in [0.4, 0.5) is 0 Å². The van der Waals surface area contributed by atoms with Gasteiger partial charge in [-0.2, -0.15) is 0 Å². The monoisotopic (exact) mass is 337 g/mol. The Morgan fingerprint density at radius 3 is 3.00 bits per heavy atom. The van der Waals surface area contributed by atoms with Crippen molar-refractivity contribution >= 4 is 32.7 Å². The maximum Gasteiger partial charge on any atom is 0.261 e. The van der Waals surface area contributed by atoms with Crippen molar-refractivity contribution in [2.75, 3.05) is 6.54 Å². The van der Waals surface area contributed by atoms with Gasteiger partial charge < -0.3 is 5.32 Å². The minimum absolute atomic E-state index is 0.00198. The molecule has 1 amide bonds. The first-order valence-corrected chi connectivity index (χ1v) is 7.32. The lowest BCUT2D eigenvalue weighted by Crippen LogP contribution is -2.32. The summed E-state index contributed by atoms with van der Waals surface area (Å²) in [7, 11) is 0. The molecule has 0 saturated heterocycles. The number of nitrogens with one attached hydrogen (secondary N) is 1. The molecule has 5 nitrogen and oxygen atoms in total. The van der Waals surface area contributed by atoms with E-state index in [0.29, 0.717) is 17.4 Å². The fourth-order valence-corrected chi connectivity index (χ4v) is 2.22. The zero-order chi connectivity index (χ0) is 14.5. The lowest BCUT2D eigenvalue weighted by molar-refractivity contribution is -0.121. The summed E-state index contributed by atoms with van der Waals surface area (Å²) < 4.78 is 2.14. The van der Waals surface area contributed by atoms with E-state index in [1.165, 1.54) is 10.9 Å². The van der Waals surface area contributed by atoms with E-state index in [1.54, 1.807) is 12.1 Å². The van der Waals surface area contributed by atoms with Crippen LogP contribution in [-0.4, -0.2) is 22.0 Å². The summed E-state index contributed by atoms with van der Waals surface area (Å²) in [6.45, 7) is 2.69. The fourth-order valence-electron chi connectivity index (χ4n) is 1.86. The van der Waals surface area contributed by atoms with Gasteiger partial charge in [-0.3, -0.25) is 14.2 Å². The number of nitrogens with zero attached hydrogens (tertiary/aromatic N) is 2. The maximum absolute atomic E-state index is 12.3. The quantitative estimate of drug-likeness (QED) is 0.849. The van der Waals surface area contributed by atoms with E-state index in [2.05, 4.69) is 33.2 Å². The molecule has 6 heteroatoms. The van der Waals surface area contributed by atoms with E-state index in [1.807, 2.05) is 6.07 Å². The van der Waals surface area contributed by atoms with E-state index < -0.39 is 0 Å². The molecule has 1 heterocycles. The van der Waals surface area contributed by atoms with Crippen LogP contribution in [0.5, 0.6) is 0 Å². The Hall–Kier alpha value is -1.69. The topological polar surface area (TPSA) is 64.0 Å². The van der Waals surface area contributed by atoms with Crippen molar-refractivity contribution in [3.8, 4) is 0 Å². The van der Waals surface area contributed by atoms with E-state index >= 15 is 0 Å². The number of hydrogen-bond acceptors (Lipinski definition) is 3. The Morgan fingerprint density at radius 1 is 1.45 bits per heavy atom. The van der Waals surface area contributed by atoms with Gasteiger partial charge >= 0.3 is 0 Å². The van der Waals surface area contributed by atoms with Gasteiger partial charge in [0.1, 0.15) is 6.54 Å². The van der Waals surface area contributed by atoms with Crippen LogP contribution < -0.4 is 10.9 Å². The summed E-state index contributed by atoms with van der Waals surface area (Å²) >= 11 is 3.33. The van der Waals surface area contributed by atoms with Gasteiger partial charge in [0, 0.05) is 11.0 Å². The molecule has 1 aromatic heterocycles. The highest BCUT2D eigenvalue weighted by molar-refractivity contribution is 9.10. The molecule has 1 aromatic carbocycles. The number of hydrogen-bond donors (Lipinski definition) is 1. The third-order valence-corrected chi connectivity index (χ3v) is 3.45. The molecule has 0 saturated carbocycles. The number of halogens is 1. The predicted octanol–water partition coefficient (Wildman–Crippen LogP) is 2.08. The second-order valence-electron chi connectivity index (χ2n) is 4.54. The Balaban J connectivity index is 2.21. The average Bonchev–Trinajstić information content (AvgIpc) is 2.43. The molecular weight excluding hydrogens is 322 g/mol. The largest absolute Gasteiger partial charge is 0.355 e. The standard InChI is InChI=1S/C14H16BrN3O2/c1-2-3-6-16-13(19)8-18-9-17-12-5-4-10(15)7-11(12)14(18)20/h4-5,7,9H,2-3,6,8H2,1H3,(H,16,19). The molecule has 1 N–H and O–H groups in total. The number of carbonyl (C=O) groups is 1. The lowest BCUT2D eigenvalue weighted by atomic mass is 10.2. The van der Waals surface area contributed by atoms with Crippen molar-refractivity contribution in [3.05, 3.63) is 39.4 Å². The lowest BCUT2D eigenvalue weighted by Gasteiger charge is -2.07. The number of benzene rings is 1. The summed E-state index contributed by atoms with van der Waals surface area (Å²) in [6.07, 6.45) is 3.37. The summed E-state index contributed by atoms with van der Waals surface area (Å²) in [5.41, 5.74) is 0.419. The molecule has 0 aliphatic carbocycles. The first kappa shape index (κ1) is 14.7. The van der Waals surface area contributed by atoms with Gasteiger partial charge in [0.2, 0.25) is 5.91 Å². The summed E-state index contributed by atoms with van der Waals surface area (Å²) in [4.78, 5) is 28.2. The Bertz CT molecular complexity index is 682. The van der Waals surface area contributed by atoms with Crippen LogP contribution in [0.3, 0.4) is 0 Å². The first-order chi connectivity index (χ1) is 9.61. The van der Waals surface area contributed by atoms with Gasteiger partial charge in [0.15, 0.2) is 0 Å². The summed E-state index contributed by atoms with van der Waals surface area (Å²) in [6, 6.07) is 5.32. The minimum atomic E-state index is -0.207. The SMILES string of the molecule is CCCCNC(=O)Cn1cnc2ccc(Br)cc2c1=O. The molecule has 0 bridgehead atoms. The van der Waals surface area contributed by atoms with Crippen molar-refractivity contribution in [3.63, 3.8) is 0 Å². The van der Waals surface area contributed by atoms with E-state index in [4.69, 9.17) is 0 Å². The molecule has 0 spiro atoms. The highest BCUT2D eigenvalue weighted by Crippen LogP contribution is 2.14. The number of amides is 1. The van der Waals surface area contributed by atoms with Crippen LogP contribution in [0.25, 0.3) is 10.9 Å². The molecule has 0 unspecified atom stereocenters. The van der Waals surface area contributed by atoms with Gasteiger partial charge in [-0.1, -0.05) is 29.3 Å². The first-order valence-electron chi connectivity index (χ1n) is 6.53. The number of carbonyl (C=O) groups excluding carboxylic acids is 1. The van der Waals surface area contributed by atoms with Gasteiger partial charge in [-0.15, -0.1) is 0 Å². The Labute approximate surface area is 125 Å². The van der Waals surface area contributed by atoms with Gasteiger partial charge in [0.25, 0.3) is 5.56 Å². The molecule has 106 valence electrons. The smallest absolute Gasteiger partial charge is 0.261 e. The fraction of sp³-hybridized carbons (Fsp3) is 0.357. The number of unbranched alkanes of at least 4 members (excludes halogenated alkanes) is 1. The van der Waals surface area contributed by atoms with Crippen LogP contribution in [0.15, 0.2) is 33.8 Å². The van der Waals surface area contributed by atoms with Crippen LogP contribution >= 0.6 is 15.9 Å². The molecule has 0 atom stereocenters. The predicted molar refractivity (Wildman–Crippen MR) is 81.6 cm³/mol.